The first-order valence-electron chi connectivity index (χ1n) is 5.24. The number of hydrogen-bond acceptors (Lipinski definition) is 7. The number of benzene rings is 1. The zero-order valence-corrected chi connectivity index (χ0v) is 12.6. The van der Waals surface area contributed by atoms with Crippen LogP contribution in [0.3, 0.4) is 0 Å². The van der Waals surface area contributed by atoms with Crippen molar-refractivity contribution in [3.63, 3.8) is 0 Å². The molecule has 0 amide bonds. The molecular weight excluding hydrogens is 310 g/mol. The number of nitrogens with zero attached hydrogens (tertiary/aromatic N) is 1. The first kappa shape index (κ1) is 15.1. The predicted octanol–water partition coefficient (Wildman–Crippen LogP) is -0.448. The Labute approximate surface area is 122 Å². The van der Waals surface area contributed by atoms with Gasteiger partial charge in [0.25, 0.3) is 0 Å². The van der Waals surface area contributed by atoms with Crippen LogP contribution < -0.4 is 14.0 Å². The molecule has 1 aliphatic rings. The monoisotopic (exact) mass is 321 g/mol. The third kappa shape index (κ3) is 3.65. The molecule has 19 heavy (non-hydrogen) atoms. The number of thioether (sulfide) groups is 2. The maximum atomic E-state index is 10.9. The fraction of sp³-hybridized carbons (Fsp3) is 0.273. The molecule has 0 bridgehead atoms. The van der Waals surface area contributed by atoms with E-state index in [9.17, 15) is 14.0 Å². The Kier molecular flexibility index (Phi) is 4.49. The lowest BCUT2D eigenvalue weighted by molar-refractivity contribution is -1.92. The highest BCUT2D eigenvalue weighted by atomic mass is 35.7. The van der Waals surface area contributed by atoms with Gasteiger partial charge in [-0.15, -0.1) is 0 Å². The summed E-state index contributed by atoms with van der Waals surface area (Å²) in [7, 11) is -1.19. The van der Waals surface area contributed by atoms with Crippen LogP contribution in [0.4, 0.5) is 0 Å². The average Bonchev–Trinajstić information content (AvgIpc) is 2.73. The summed E-state index contributed by atoms with van der Waals surface area (Å²) in [6.45, 7) is 0. The standard InChI is InChI=1S/C11H12ClNO4S2/c1-13(2)11(17-12(14,15)16)18-8-10(19-11)9-6-4-3-5-7-9/h3-8H,1-2H3. The Morgan fingerprint density at radius 3 is 2.32 bits per heavy atom. The molecule has 2 rings (SSSR count). The highest BCUT2D eigenvalue weighted by Crippen LogP contribution is 2.55. The molecule has 1 atom stereocenters. The SMILES string of the molecule is CN(C)C1(O[Cl+3]([O-])([O-])[O-])SC=C(c2ccccc2)S1. The summed E-state index contributed by atoms with van der Waals surface area (Å²) in [6, 6.07) is 9.50. The van der Waals surface area contributed by atoms with Crippen molar-refractivity contribution in [2.75, 3.05) is 14.1 Å². The molecule has 0 saturated heterocycles. The van der Waals surface area contributed by atoms with Gasteiger partial charge in [-0.1, -0.05) is 42.1 Å². The first-order chi connectivity index (χ1) is 8.82. The van der Waals surface area contributed by atoms with Crippen LogP contribution in [0.25, 0.3) is 4.91 Å². The summed E-state index contributed by atoms with van der Waals surface area (Å²) in [5, 5.41) is 1.79. The summed E-state index contributed by atoms with van der Waals surface area (Å²) >= 11 is 2.33. The van der Waals surface area contributed by atoms with E-state index < -0.39 is 14.6 Å². The van der Waals surface area contributed by atoms with E-state index in [2.05, 4.69) is 4.29 Å². The molecule has 0 saturated carbocycles. The van der Waals surface area contributed by atoms with E-state index in [1.807, 2.05) is 30.3 Å². The number of rotatable bonds is 4. The van der Waals surface area contributed by atoms with E-state index in [0.717, 1.165) is 22.2 Å². The number of halogens is 1. The van der Waals surface area contributed by atoms with E-state index in [4.69, 9.17) is 0 Å². The van der Waals surface area contributed by atoms with Crippen molar-refractivity contribution in [2.45, 2.75) is 4.39 Å². The Bertz CT molecular complexity index is 477. The second-order valence-corrected chi connectivity index (χ2v) is 7.33. The fourth-order valence-electron chi connectivity index (χ4n) is 1.46. The van der Waals surface area contributed by atoms with Crippen molar-refractivity contribution in [1.82, 2.24) is 4.90 Å². The van der Waals surface area contributed by atoms with Crippen LogP contribution in [0.1, 0.15) is 5.56 Å². The van der Waals surface area contributed by atoms with E-state index >= 15 is 0 Å². The van der Waals surface area contributed by atoms with Crippen molar-refractivity contribution in [3.8, 4) is 0 Å². The van der Waals surface area contributed by atoms with Crippen molar-refractivity contribution in [3.05, 3.63) is 41.3 Å². The summed E-state index contributed by atoms with van der Waals surface area (Å²) in [4.78, 5) is 2.41. The molecule has 1 unspecified atom stereocenters. The molecule has 0 spiro atoms. The van der Waals surface area contributed by atoms with Crippen molar-refractivity contribution in [2.24, 2.45) is 0 Å². The normalized spacial score (nSPS) is 23.8. The minimum absolute atomic E-state index is 0.859. The van der Waals surface area contributed by atoms with Gasteiger partial charge < -0.3 is 0 Å². The Morgan fingerprint density at radius 2 is 1.79 bits per heavy atom. The van der Waals surface area contributed by atoms with Gasteiger partial charge >= 0.3 is 4.39 Å². The Hall–Kier alpha value is -0.250. The predicted molar refractivity (Wildman–Crippen MR) is 67.1 cm³/mol. The molecule has 1 aromatic carbocycles. The maximum Gasteiger partial charge on any atom is 0.380 e. The Balaban J connectivity index is 2.20. The lowest BCUT2D eigenvalue weighted by Crippen LogP contribution is -2.65. The van der Waals surface area contributed by atoms with Gasteiger partial charge in [0.15, 0.2) is 0 Å². The minimum atomic E-state index is -4.50. The molecular formula is C11H12ClNO4S2. The molecule has 0 radical (unpaired) electrons. The summed E-state index contributed by atoms with van der Waals surface area (Å²) in [6.07, 6.45) is 0. The molecule has 0 aromatic heterocycles. The van der Waals surface area contributed by atoms with Crippen LogP contribution in [-0.2, 0) is 4.29 Å². The van der Waals surface area contributed by atoms with Gasteiger partial charge in [0.05, 0.1) is 10.2 Å². The molecule has 0 fully saturated rings. The molecule has 104 valence electrons. The van der Waals surface area contributed by atoms with E-state index in [1.165, 1.54) is 11.8 Å². The van der Waals surface area contributed by atoms with Gasteiger partial charge in [-0.05, 0) is 36.8 Å². The smallest absolute Gasteiger partial charge is 0.250 e. The van der Waals surface area contributed by atoms with Gasteiger partial charge in [-0.2, -0.15) is 14.0 Å². The van der Waals surface area contributed by atoms with Crippen molar-refractivity contribution < 1.29 is 28.5 Å². The van der Waals surface area contributed by atoms with Gasteiger partial charge in [0, 0.05) is 4.91 Å². The molecule has 0 aliphatic carbocycles. The van der Waals surface area contributed by atoms with Crippen LogP contribution >= 0.6 is 23.5 Å². The molecule has 1 aromatic rings. The lowest BCUT2D eigenvalue weighted by atomic mass is 10.2. The molecule has 1 aliphatic heterocycles. The van der Waals surface area contributed by atoms with Crippen LogP contribution in [0.2, 0.25) is 0 Å². The lowest BCUT2D eigenvalue weighted by Gasteiger charge is -2.29. The zero-order chi connectivity index (χ0) is 14.1. The molecule has 8 heteroatoms. The second kappa shape index (κ2) is 5.63. The van der Waals surface area contributed by atoms with Gasteiger partial charge in [-0.25, -0.2) is 4.90 Å². The zero-order valence-electron chi connectivity index (χ0n) is 10.2. The van der Waals surface area contributed by atoms with E-state index in [-0.39, 0.29) is 0 Å². The molecule has 0 N–H and O–H groups in total. The largest absolute Gasteiger partial charge is 0.380 e. The van der Waals surface area contributed by atoms with Gasteiger partial charge in [0.1, 0.15) is 4.29 Å². The van der Waals surface area contributed by atoms with Crippen LogP contribution in [0.5, 0.6) is 0 Å². The summed E-state index contributed by atoms with van der Waals surface area (Å²) in [5.41, 5.74) is 0.951. The summed E-state index contributed by atoms with van der Waals surface area (Å²) in [5.74, 6) is 0. The average molecular weight is 322 g/mol. The topological polar surface area (TPSA) is 81.7 Å². The fourth-order valence-corrected chi connectivity index (χ4v) is 4.83. The second-order valence-electron chi connectivity index (χ2n) is 3.94. The molecule has 5 nitrogen and oxygen atoms in total. The Morgan fingerprint density at radius 1 is 1.16 bits per heavy atom. The van der Waals surface area contributed by atoms with Gasteiger partial charge in [-0.3, -0.25) is 0 Å². The van der Waals surface area contributed by atoms with E-state index in [1.54, 1.807) is 24.4 Å². The van der Waals surface area contributed by atoms with E-state index in [0.29, 0.717) is 0 Å². The highest BCUT2D eigenvalue weighted by molar-refractivity contribution is 8.26. The first-order valence-corrected chi connectivity index (χ1v) is 8.17. The summed E-state index contributed by atoms with van der Waals surface area (Å²) < 4.78 is 36.0. The highest BCUT2D eigenvalue weighted by Gasteiger charge is 2.53. The van der Waals surface area contributed by atoms with Crippen molar-refractivity contribution in [1.29, 1.82) is 0 Å². The third-order valence-electron chi connectivity index (χ3n) is 2.35. The van der Waals surface area contributed by atoms with Crippen LogP contribution in [0.15, 0.2) is 35.7 Å². The maximum absolute atomic E-state index is 10.9. The minimum Gasteiger partial charge on any atom is -0.250 e. The molecule has 1 heterocycles. The quantitative estimate of drug-likeness (QED) is 0.695. The number of hydrogen-bond donors (Lipinski definition) is 0. The van der Waals surface area contributed by atoms with Crippen LogP contribution in [0, 0.1) is 10.2 Å². The van der Waals surface area contributed by atoms with Crippen molar-refractivity contribution >= 4 is 28.4 Å². The van der Waals surface area contributed by atoms with Crippen LogP contribution in [-0.4, -0.2) is 23.4 Å². The van der Waals surface area contributed by atoms with Gasteiger partial charge in [0.2, 0.25) is 0 Å². The third-order valence-corrected chi connectivity index (χ3v) is 6.01.